The number of benzene rings is 3. The summed E-state index contributed by atoms with van der Waals surface area (Å²) in [6, 6.07) is 22.8. The van der Waals surface area contributed by atoms with Gasteiger partial charge in [-0.2, -0.15) is 0 Å². The number of aromatic nitrogens is 4. The Morgan fingerprint density at radius 3 is 2.65 bits per heavy atom. The van der Waals surface area contributed by atoms with Gasteiger partial charge in [-0.25, -0.2) is 14.4 Å². The molecule has 184 valence electrons. The Hall–Kier alpha value is -4.14. The molecule has 0 amide bonds. The summed E-state index contributed by atoms with van der Waals surface area (Å²) >= 11 is 1.50. The molecule has 1 unspecified atom stereocenters. The van der Waals surface area contributed by atoms with E-state index in [0.717, 1.165) is 49.1 Å². The molecular weight excluding hydrogens is 487 g/mol. The highest BCUT2D eigenvalue weighted by molar-refractivity contribution is 7.18. The van der Waals surface area contributed by atoms with Gasteiger partial charge in [0.1, 0.15) is 40.6 Å². The van der Waals surface area contributed by atoms with Crippen molar-refractivity contribution in [3.8, 4) is 11.4 Å². The molecule has 6 aromatic rings. The number of ether oxygens (including phenoxy) is 2. The molecule has 6 nitrogen and oxygen atoms in total. The summed E-state index contributed by atoms with van der Waals surface area (Å²) in [6.45, 7) is 2.30. The van der Waals surface area contributed by atoms with Crippen LogP contribution in [0.3, 0.4) is 0 Å². The topological polar surface area (TPSA) is 62.1 Å². The van der Waals surface area contributed by atoms with E-state index in [1.165, 1.54) is 23.5 Å². The van der Waals surface area contributed by atoms with E-state index < -0.39 is 0 Å². The van der Waals surface area contributed by atoms with Crippen LogP contribution in [0.15, 0.2) is 85.2 Å². The highest BCUT2D eigenvalue weighted by atomic mass is 32.1. The van der Waals surface area contributed by atoms with Gasteiger partial charge < -0.3 is 9.47 Å². The third-order valence-electron chi connectivity index (χ3n) is 6.23. The Kier molecular flexibility index (Phi) is 6.12. The van der Waals surface area contributed by atoms with Crippen LogP contribution in [0, 0.1) is 12.7 Å². The zero-order chi connectivity index (χ0) is 25.4. The van der Waals surface area contributed by atoms with Crippen molar-refractivity contribution in [2.45, 2.75) is 19.6 Å². The fourth-order valence-corrected chi connectivity index (χ4v) is 5.42. The largest absolute Gasteiger partial charge is 0.486 e. The number of pyridine rings is 1. The van der Waals surface area contributed by atoms with Gasteiger partial charge in [0.2, 0.25) is 0 Å². The predicted octanol–water partition coefficient (Wildman–Crippen LogP) is 6.79. The van der Waals surface area contributed by atoms with Gasteiger partial charge in [0, 0.05) is 25.1 Å². The van der Waals surface area contributed by atoms with Gasteiger partial charge in [0.15, 0.2) is 0 Å². The molecule has 0 saturated carbocycles. The fourth-order valence-electron chi connectivity index (χ4n) is 4.56. The Bertz CT molecular complexity index is 1710. The maximum atomic E-state index is 13.5. The van der Waals surface area contributed by atoms with Crippen molar-refractivity contribution in [1.29, 1.82) is 0 Å². The van der Waals surface area contributed by atoms with Gasteiger partial charge in [-0.1, -0.05) is 24.3 Å². The van der Waals surface area contributed by atoms with E-state index in [9.17, 15) is 4.39 Å². The minimum Gasteiger partial charge on any atom is -0.486 e. The normalized spacial score (nSPS) is 12.3. The Labute approximate surface area is 217 Å². The second-order valence-corrected chi connectivity index (χ2v) is 9.76. The molecule has 0 fully saturated rings. The van der Waals surface area contributed by atoms with Crippen molar-refractivity contribution < 1.29 is 13.9 Å². The van der Waals surface area contributed by atoms with Gasteiger partial charge in [-0.3, -0.25) is 9.55 Å². The third-order valence-corrected chi connectivity index (χ3v) is 7.24. The van der Waals surface area contributed by atoms with Crippen molar-refractivity contribution in [1.82, 2.24) is 19.5 Å². The van der Waals surface area contributed by atoms with Crippen LogP contribution in [0.25, 0.3) is 26.9 Å². The van der Waals surface area contributed by atoms with Gasteiger partial charge >= 0.3 is 0 Å². The van der Waals surface area contributed by atoms with Crippen LogP contribution in [0.4, 0.5) is 4.39 Å². The molecule has 0 saturated heterocycles. The van der Waals surface area contributed by atoms with E-state index in [1.807, 2.05) is 37.3 Å². The summed E-state index contributed by atoms with van der Waals surface area (Å²) in [7, 11) is 1.70. The second kappa shape index (κ2) is 9.72. The number of thiazole rings is 1. The predicted molar refractivity (Wildman–Crippen MR) is 143 cm³/mol. The lowest BCUT2D eigenvalue weighted by atomic mass is 10.0. The summed E-state index contributed by atoms with van der Waals surface area (Å²) in [6.07, 6.45) is 3.30. The number of methoxy groups -OCH3 is 1. The molecule has 3 aromatic heterocycles. The second-order valence-electron chi connectivity index (χ2n) is 8.65. The average molecular weight is 511 g/mol. The van der Waals surface area contributed by atoms with Crippen LogP contribution < -0.4 is 4.74 Å². The molecule has 0 spiro atoms. The van der Waals surface area contributed by atoms with Gasteiger partial charge in [0.05, 0.1) is 21.9 Å². The van der Waals surface area contributed by atoms with Crippen LogP contribution >= 0.6 is 11.3 Å². The van der Waals surface area contributed by atoms with Crippen molar-refractivity contribution >= 4 is 32.6 Å². The molecular formula is C29H23FN4O2S. The number of hydrogen-bond acceptors (Lipinski definition) is 6. The molecule has 8 heteroatoms. The van der Waals surface area contributed by atoms with Crippen LogP contribution in [0.1, 0.15) is 28.1 Å². The molecule has 0 aliphatic heterocycles. The van der Waals surface area contributed by atoms with Crippen molar-refractivity contribution in [2.75, 3.05) is 7.11 Å². The molecule has 0 N–H and O–H groups in total. The number of imidazole rings is 1. The van der Waals surface area contributed by atoms with Crippen molar-refractivity contribution in [3.05, 3.63) is 113 Å². The van der Waals surface area contributed by atoms with E-state index in [0.29, 0.717) is 12.1 Å². The summed E-state index contributed by atoms with van der Waals surface area (Å²) in [5.41, 5.74) is 5.57. The monoisotopic (exact) mass is 510 g/mol. The lowest BCUT2D eigenvalue weighted by Crippen LogP contribution is -2.05. The number of aryl methyl sites for hydroxylation is 1. The summed E-state index contributed by atoms with van der Waals surface area (Å²) in [4.78, 5) is 13.3. The van der Waals surface area contributed by atoms with Crippen LogP contribution in [-0.2, 0) is 11.3 Å². The quantitative estimate of drug-likeness (QED) is 0.237. The number of rotatable bonds is 7. The lowest BCUT2D eigenvalue weighted by molar-refractivity contribution is 0.136. The minimum atomic E-state index is -0.289. The zero-order valence-electron chi connectivity index (χ0n) is 20.3. The Morgan fingerprint density at radius 2 is 1.81 bits per heavy atom. The molecule has 1 atom stereocenters. The SMILES string of the molecule is COC(c1ccc(-n2c(C)nc3cnccc32)cc1)c1cccc(OCc2nc3cc(F)ccc3s2)c1. The standard InChI is InChI=1S/C29H23FN4O2S/c1-18-32-25-16-31-13-12-26(25)34(18)22-9-6-19(7-10-22)29(35-2)20-4-3-5-23(14-20)36-17-28-33-24-15-21(30)8-11-27(24)37-28/h3-16,29H,17H2,1-2H3. The number of fused-ring (bicyclic) bond motifs is 2. The van der Waals surface area contributed by atoms with Gasteiger partial charge in [0.25, 0.3) is 0 Å². The first kappa shape index (κ1) is 23.3. The van der Waals surface area contributed by atoms with E-state index in [2.05, 4.69) is 43.8 Å². The molecule has 0 radical (unpaired) electrons. The zero-order valence-corrected chi connectivity index (χ0v) is 21.1. The summed E-state index contributed by atoms with van der Waals surface area (Å²) in [5.74, 6) is 1.33. The maximum absolute atomic E-state index is 13.5. The van der Waals surface area contributed by atoms with Gasteiger partial charge in [-0.15, -0.1) is 11.3 Å². The van der Waals surface area contributed by atoms with E-state index in [4.69, 9.17) is 9.47 Å². The van der Waals surface area contributed by atoms with Crippen LogP contribution in [0.5, 0.6) is 5.75 Å². The number of nitrogens with zero attached hydrogens (tertiary/aromatic N) is 4. The first-order chi connectivity index (χ1) is 18.1. The summed E-state index contributed by atoms with van der Waals surface area (Å²) in [5, 5.41) is 0.794. The van der Waals surface area contributed by atoms with Crippen molar-refractivity contribution in [2.24, 2.45) is 0 Å². The molecule has 0 aliphatic carbocycles. The first-order valence-electron chi connectivity index (χ1n) is 11.8. The minimum absolute atomic E-state index is 0.257. The van der Waals surface area contributed by atoms with Crippen molar-refractivity contribution in [3.63, 3.8) is 0 Å². The third kappa shape index (κ3) is 4.57. The van der Waals surface area contributed by atoms with E-state index >= 15 is 0 Å². The molecule has 0 bridgehead atoms. The van der Waals surface area contributed by atoms with Crippen LogP contribution in [-0.4, -0.2) is 26.6 Å². The van der Waals surface area contributed by atoms with E-state index in [1.54, 1.807) is 25.6 Å². The number of hydrogen-bond donors (Lipinski definition) is 0. The number of halogens is 1. The highest BCUT2D eigenvalue weighted by Crippen LogP contribution is 2.30. The van der Waals surface area contributed by atoms with Gasteiger partial charge in [-0.05, 0) is 60.5 Å². The maximum Gasteiger partial charge on any atom is 0.140 e. The van der Waals surface area contributed by atoms with Crippen LogP contribution in [0.2, 0.25) is 0 Å². The smallest absolute Gasteiger partial charge is 0.140 e. The summed E-state index contributed by atoms with van der Waals surface area (Å²) < 4.78 is 28.5. The Balaban J connectivity index is 1.22. The molecule has 6 rings (SSSR count). The Morgan fingerprint density at radius 1 is 0.946 bits per heavy atom. The average Bonchev–Trinajstić information content (AvgIpc) is 3.48. The first-order valence-corrected chi connectivity index (χ1v) is 12.6. The molecule has 3 heterocycles. The molecule has 3 aromatic carbocycles. The molecule has 37 heavy (non-hydrogen) atoms. The lowest BCUT2D eigenvalue weighted by Gasteiger charge is -2.18. The molecule has 0 aliphatic rings. The van der Waals surface area contributed by atoms with E-state index in [-0.39, 0.29) is 11.9 Å². The fraction of sp³-hybridized carbons (Fsp3) is 0.138. The highest BCUT2D eigenvalue weighted by Gasteiger charge is 2.16.